The van der Waals surface area contributed by atoms with Gasteiger partial charge in [-0.3, -0.25) is 19.0 Å². The van der Waals surface area contributed by atoms with Crippen LogP contribution in [0.5, 0.6) is 0 Å². The zero-order valence-corrected chi connectivity index (χ0v) is 22.3. The number of pyridine rings is 2. The number of piperidine rings is 1. The maximum Gasteiger partial charge on any atom is 0.219 e. The Morgan fingerprint density at radius 2 is 1.84 bits per heavy atom. The highest BCUT2D eigenvalue weighted by molar-refractivity contribution is 8.00. The molecular formula is C30H32N6OS. The van der Waals surface area contributed by atoms with Crippen molar-refractivity contribution in [3.05, 3.63) is 96.0 Å². The molecule has 0 atom stereocenters. The van der Waals surface area contributed by atoms with Gasteiger partial charge in [-0.05, 0) is 54.6 Å². The molecular weight excluding hydrogens is 492 g/mol. The third kappa shape index (κ3) is 5.72. The molecule has 0 aliphatic carbocycles. The second kappa shape index (κ2) is 12.2. The Hall–Kier alpha value is -3.72. The normalized spacial score (nSPS) is 15.0. The lowest BCUT2D eigenvalue weighted by Gasteiger charge is -2.32. The topological polar surface area (TPSA) is 74.5 Å². The molecule has 0 saturated carbocycles. The van der Waals surface area contributed by atoms with E-state index in [4.69, 9.17) is 4.98 Å². The Morgan fingerprint density at radius 1 is 1.08 bits per heavy atom. The van der Waals surface area contributed by atoms with Crippen LogP contribution in [-0.2, 0) is 11.3 Å². The predicted molar refractivity (Wildman–Crippen MR) is 157 cm³/mol. The summed E-state index contributed by atoms with van der Waals surface area (Å²) in [4.78, 5) is 19.3. The molecule has 4 aromatic rings. The summed E-state index contributed by atoms with van der Waals surface area (Å²) in [5.41, 5.74) is 9.42. The van der Waals surface area contributed by atoms with Gasteiger partial charge >= 0.3 is 0 Å². The summed E-state index contributed by atoms with van der Waals surface area (Å²) in [6.07, 6.45) is 4.74. The van der Waals surface area contributed by atoms with E-state index in [9.17, 15) is 4.79 Å². The number of carbonyl (C=O) groups excluding carboxylic acids is 1. The molecule has 7 nitrogen and oxygen atoms in total. The van der Waals surface area contributed by atoms with Gasteiger partial charge in [0.1, 0.15) is 0 Å². The van der Waals surface area contributed by atoms with Crippen LogP contribution in [0.1, 0.15) is 18.4 Å². The molecule has 0 radical (unpaired) electrons. The van der Waals surface area contributed by atoms with E-state index in [0.29, 0.717) is 11.5 Å². The minimum absolute atomic E-state index is 0.522. The zero-order valence-electron chi connectivity index (χ0n) is 21.5. The lowest BCUT2D eigenvalue weighted by molar-refractivity contribution is 0.201. The van der Waals surface area contributed by atoms with Crippen LogP contribution in [0.4, 0.5) is 0 Å². The Balaban J connectivity index is 1.47. The maximum absolute atomic E-state index is 11.7. The largest absolute Gasteiger partial charge is 0.311 e. The fraction of sp³-hybridized carbons (Fsp3) is 0.233. The van der Waals surface area contributed by atoms with Crippen molar-refractivity contribution in [1.82, 2.24) is 24.6 Å². The van der Waals surface area contributed by atoms with E-state index in [1.807, 2.05) is 29.7 Å². The fourth-order valence-corrected chi connectivity index (χ4v) is 5.46. The van der Waals surface area contributed by atoms with Crippen molar-refractivity contribution >= 4 is 29.3 Å². The maximum atomic E-state index is 11.7. The number of aromatic nitrogens is 2. The standard InChI is InChI=1S/C30H32N6OS/c1-3-38-34-25-13-16-35(17-14-25)20-22-9-11-24(12-10-22)29-26(23-7-5-4-6-8-23)19-27-28(32-29)15-18-36(21-37)30(27)33-31-2/h3-12,15,18-19,21,25,31,34H,1,13-14,16-17,20H2,2H3/b33-30-. The van der Waals surface area contributed by atoms with E-state index >= 15 is 0 Å². The molecule has 2 aromatic carbocycles. The predicted octanol–water partition coefficient (Wildman–Crippen LogP) is 4.79. The molecule has 1 aliphatic rings. The van der Waals surface area contributed by atoms with Crippen LogP contribution in [-0.4, -0.2) is 47.0 Å². The highest BCUT2D eigenvalue weighted by Crippen LogP contribution is 2.33. The Kier molecular flexibility index (Phi) is 8.33. The average Bonchev–Trinajstić information content (AvgIpc) is 2.97. The van der Waals surface area contributed by atoms with Gasteiger partial charge in [0, 0.05) is 42.3 Å². The minimum Gasteiger partial charge on any atom is -0.311 e. The number of likely N-dealkylation sites (tertiary alicyclic amines) is 1. The average molecular weight is 525 g/mol. The van der Waals surface area contributed by atoms with Crippen molar-refractivity contribution in [3.63, 3.8) is 0 Å². The summed E-state index contributed by atoms with van der Waals surface area (Å²) in [5, 5.41) is 7.01. The van der Waals surface area contributed by atoms with Crippen LogP contribution >= 0.6 is 11.9 Å². The Bertz CT molecular complexity index is 1470. The van der Waals surface area contributed by atoms with Gasteiger partial charge in [0.2, 0.25) is 6.41 Å². The number of nitrogens with one attached hydrogen (secondary N) is 2. The van der Waals surface area contributed by atoms with E-state index in [1.165, 1.54) is 10.1 Å². The first kappa shape index (κ1) is 25.9. The SMILES string of the molecule is C=CSNC1CCN(Cc2ccc(-c3nc4ccn(C=O)/c(=N\NC)c4cc3-c3ccccc3)cc2)CC1. The van der Waals surface area contributed by atoms with Gasteiger partial charge in [0.25, 0.3) is 0 Å². The highest BCUT2D eigenvalue weighted by Gasteiger charge is 2.19. The number of carbonyl (C=O) groups is 1. The molecule has 0 unspecified atom stereocenters. The lowest BCUT2D eigenvalue weighted by atomic mass is 9.97. The zero-order chi connectivity index (χ0) is 26.3. The van der Waals surface area contributed by atoms with Crippen molar-refractivity contribution in [1.29, 1.82) is 0 Å². The third-order valence-corrected chi connectivity index (χ3v) is 7.52. The lowest BCUT2D eigenvalue weighted by Crippen LogP contribution is -2.39. The fourth-order valence-electron chi connectivity index (χ4n) is 4.94. The first-order chi connectivity index (χ1) is 18.7. The van der Waals surface area contributed by atoms with Crippen LogP contribution < -0.4 is 15.6 Å². The van der Waals surface area contributed by atoms with Gasteiger partial charge in [-0.25, -0.2) is 4.98 Å². The van der Waals surface area contributed by atoms with E-state index in [1.54, 1.807) is 25.2 Å². The molecule has 5 rings (SSSR count). The summed E-state index contributed by atoms with van der Waals surface area (Å²) >= 11 is 1.59. The molecule has 194 valence electrons. The quantitative estimate of drug-likeness (QED) is 0.186. The number of fused-ring (bicyclic) bond motifs is 1. The minimum atomic E-state index is 0.522. The van der Waals surface area contributed by atoms with Crippen molar-refractivity contribution in [2.45, 2.75) is 25.4 Å². The number of nitrogens with zero attached hydrogens (tertiary/aromatic N) is 4. The number of rotatable bonds is 9. The number of hydrogen-bond acceptors (Lipinski definition) is 7. The molecule has 2 N–H and O–H groups in total. The monoisotopic (exact) mass is 524 g/mol. The van der Waals surface area contributed by atoms with Crippen LogP contribution in [0.2, 0.25) is 0 Å². The number of hydrogen-bond donors (Lipinski definition) is 2. The van der Waals surface area contributed by atoms with Crippen LogP contribution in [0.25, 0.3) is 33.3 Å². The van der Waals surface area contributed by atoms with Gasteiger partial charge in [0.05, 0.1) is 11.2 Å². The van der Waals surface area contributed by atoms with E-state index in [0.717, 1.165) is 72.2 Å². The molecule has 8 heteroatoms. The molecule has 1 fully saturated rings. The third-order valence-electron chi connectivity index (χ3n) is 6.89. The molecule has 1 saturated heterocycles. The van der Waals surface area contributed by atoms with Crippen LogP contribution in [0.15, 0.2) is 90.0 Å². The highest BCUT2D eigenvalue weighted by atomic mass is 32.2. The summed E-state index contributed by atoms with van der Waals surface area (Å²) in [6.45, 7) is 6.88. The van der Waals surface area contributed by atoms with E-state index in [2.05, 4.69) is 69.2 Å². The second-order valence-electron chi connectivity index (χ2n) is 9.32. The van der Waals surface area contributed by atoms with Gasteiger partial charge in [-0.1, -0.05) is 73.1 Å². The van der Waals surface area contributed by atoms with Crippen molar-refractivity contribution in [3.8, 4) is 22.4 Å². The Labute approximate surface area is 227 Å². The second-order valence-corrected chi connectivity index (χ2v) is 10.1. The summed E-state index contributed by atoms with van der Waals surface area (Å²) in [7, 11) is 1.72. The first-order valence-corrected chi connectivity index (χ1v) is 13.7. The van der Waals surface area contributed by atoms with Gasteiger partial charge in [0.15, 0.2) is 5.49 Å². The molecule has 0 spiro atoms. The smallest absolute Gasteiger partial charge is 0.219 e. The number of benzene rings is 2. The molecule has 0 bridgehead atoms. The van der Waals surface area contributed by atoms with Gasteiger partial charge < -0.3 is 5.43 Å². The molecule has 0 amide bonds. The summed E-state index contributed by atoms with van der Waals surface area (Å²) in [6, 6.07) is 23.5. The summed E-state index contributed by atoms with van der Waals surface area (Å²) in [5.74, 6) is 0. The van der Waals surface area contributed by atoms with Crippen molar-refractivity contribution in [2.24, 2.45) is 5.10 Å². The first-order valence-electron chi connectivity index (χ1n) is 12.8. The van der Waals surface area contributed by atoms with E-state index < -0.39 is 0 Å². The molecule has 1 aliphatic heterocycles. The van der Waals surface area contributed by atoms with Crippen LogP contribution in [0.3, 0.4) is 0 Å². The summed E-state index contributed by atoms with van der Waals surface area (Å²) < 4.78 is 4.93. The van der Waals surface area contributed by atoms with Crippen molar-refractivity contribution < 1.29 is 4.79 Å². The van der Waals surface area contributed by atoms with Gasteiger partial charge in [-0.2, -0.15) is 5.10 Å². The van der Waals surface area contributed by atoms with Crippen molar-refractivity contribution in [2.75, 3.05) is 20.1 Å². The van der Waals surface area contributed by atoms with E-state index in [-0.39, 0.29) is 0 Å². The van der Waals surface area contributed by atoms with Crippen LogP contribution in [0, 0.1) is 0 Å². The van der Waals surface area contributed by atoms with Gasteiger partial charge in [-0.15, -0.1) is 0 Å². The molecule has 2 aromatic heterocycles. The molecule has 38 heavy (non-hydrogen) atoms. The molecule has 3 heterocycles. The Morgan fingerprint density at radius 3 is 2.53 bits per heavy atom.